The second-order valence-electron chi connectivity index (χ2n) is 4.67. The molecule has 2 rings (SSSR count). The minimum absolute atomic E-state index is 0.309. The van der Waals surface area contributed by atoms with Gasteiger partial charge < -0.3 is 14.3 Å². The minimum atomic E-state index is -0.526. The maximum Gasteiger partial charge on any atom is 0.247 e. The van der Waals surface area contributed by atoms with Crippen LogP contribution in [0.3, 0.4) is 0 Å². The molecule has 0 amide bonds. The average Bonchev–Trinajstić information content (AvgIpc) is 2.88. The highest BCUT2D eigenvalue weighted by Crippen LogP contribution is 2.17. The van der Waals surface area contributed by atoms with E-state index in [9.17, 15) is 5.11 Å². The fraction of sp³-hybridized carbons (Fsp3) is 0.429. The Balaban J connectivity index is 1.93. The molecule has 20 heavy (non-hydrogen) atoms. The molecular formula is C14H19N3O3. The molecule has 1 atom stereocenters. The van der Waals surface area contributed by atoms with Gasteiger partial charge >= 0.3 is 0 Å². The maximum absolute atomic E-state index is 9.65. The van der Waals surface area contributed by atoms with E-state index >= 15 is 0 Å². The van der Waals surface area contributed by atoms with E-state index in [1.54, 1.807) is 7.11 Å². The number of aliphatic hydroxyl groups excluding tert-OH is 1. The van der Waals surface area contributed by atoms with Crippen molar-refractivity contribution in [3.05, 3.63) is 36.2 Å². The van der Waals surface area contributed by atoms with Gasteiger partial charge in [0.2, 0.25) is 11.8 Å². The van der Waals surface area contributed by atoms with E-state index in [4.69, 9.17) is 9.15 Å². The number of benzene rings is 1. The number of aromatic nitrogens is 2. The summed E-state index contributed by atoms with van der Waals surface area (Å²) in [4.78, 5) is 1.91. The summed E-state index contributed by atoms with van der Waals surface area (Å²) >= 11 is 0. The summed E-state index contributed by atoms with van der Waals surface area (Å²) in [6.07, 6.45) is -0.526. The highest BCUT2D eigenvalue weighted by atomic mass is 16.5. The normalized spacial score (nSPS) is 12.8. The number of hydrogen-bond acceptors (Lipinski definition) is 6. The molecule has 0 fully saturated rings. The number of rotatable bonds is 7. The Morgan fingerprint density at radius 3 is 2.75 bits per heavy atom. The number of aliphatic hydroxyl groups is 1. The predicted octanol–water partition coefficient (Wildman–Crippen LogP) is 1.18. The van der Waals surface area contributed by atoms with Gasteiger partial charge in [0.15, 0.2) is 0 Å². The average molecular weight is 277 g/mol. The highest BCUT2D eigenvalue weighted by molar-refractivity contribution is 5.51. The molecule has 0 spiro atoms. The van der Waals surface area contributed by atoms with Crippen molar-refractivity contribution in [1.82, 2.24) is 15.1 Å². The van der Waals surface area contributed by atoms with E-state index in [1.807, 2.05) is 42.3 Å². The molecule has 0 aliphatic heterocycles. The first-order chi connectivity index (χ1) is 9.69. The first-order valence-electron chi connectivity index (χ1n) is 6.42. The quantitative estimate of drug-likeness (QED) is 0.819. The van der Waals surface area contributed by atoms with E-state index in [2.05, 4.69) is 10.2 Å². The number of hydrogen-bond donors (Lipinski definition) is 1. The molecular weight excluding hydrogens is 258 g/mol. The lowest BCUT2D eigenvalue weighted by molar-refractivity contribution is 0.0404. The molecule has 0 aliphatic carbocycles. The second-order valence-corrected chi connectivity index (χ2v) is 4.67. The molecule has 0 radical (unpaired) electrons. The van der Waals surface area contributed by atoms with E-state index < -0.39 is 6.10 Å². The van der Waals surface area contributed by atoms with Crippen LogP contribution in [-0.4, -0.2) is 53.6 Å². The van der Waals surface area contributed by atoms with Gasteiger partial charge in [-0.3, -0.25) is 4.90 Å². The molecule has 108 valence electrons. The van der Waals surface area contributed by atoms with Crippen LogP contribution in [0.15, 0.2) is 34.7 Å². The summed E-state index contributed by atoms with van der Waals surface area (Å²) in [5.41, 5.74) is 0.897. The smallest absolute Gasteiger partial charge is 0.247 e. The van der Waals surface area contributed by atoms with Crippen LogP contribution in [0.25, 0.3) is 11.5 Å². The van der Waals surface area contributed by atoms with Crippen molar-refractivity contribution in [2.45, 2.75) is 12.6 Å². The van der Waals surface area contributed by atoms with Crippen molar-refractivity contribution in [2.24, 2.45) is 0 Å². The van der Waals surface area contributed by atoms with Gasteiger partial charge in [-0.1, -0.05) is 18.2 Å². The second kappa shape index (κ2) is 7.14. The number of nitrogens with zero attached hydrogens (tertiary/aromatic N) is 3. The van der Waals surface area contributed by atoms with Gasteiger partial charge in [-0.2, -0.15) is 0 Å². The van der Waals surface area contributed by atoms with Crippen LogP contribution in [-0.2, 0) is 11.3 Å². The third kappa shape index (κ3) is 4.12. The Bertz CT molecular complexity index is 515. The first-order valence-corrected chi connectivity index (χ1v) is 6.42. The lowest BCUT2D eigenvalue weighted by atomic mass is 10.2. The summed E-state index contributed by atoms with van der Waals surface area (Å²) in [5, 5.41) is 17.7. The molecule has 1 unspecified atom stereocenters. The molecule has 0 bridgehead atoms. The van der Waals surface area contributed by atoms with E-state index in [1.165, 1.54) is 0 Å². The molecule has 1 aromatic heterocycles. The van der Waals surface area contributed by atoms with E-state index in [0.29, 0.717) is 31.5 Å². The van der Waals surface area contributed by atoms with Crippen molar-refractivity contribution < 1.29 is 14.3 Å². The number of methoxy groups -OCH3 is 1. The van der Waals surface area contributed by atoms with Crippen LogP contribution >= 0.6 is 0 Å². The monoisotopic (exact) mass is 277 g/mol. The van der Waals surface area contributed by atoms with Gasteiger partial charge in [-0.25, -0.2) is 0 Å². The zero-order valence-electron chi connectivity index (χ0n) is 11.7. The standard InChI is InChI=1S/C14H19N3O3/c1-17(8-12(18)10-19-2)9-13-15-16-14(20-13)11-6-4-3-5-7-11/h3-7,12,18H,8-10H2,1-2H3. The molecule has 1 heterocycles. The van der Waals surface area contributed by atoms with Crippen molar-refractivity contribution in [3.8, 4) is 11.5 Å². The van der Waals surface area contributed by atoms with Crippen LogP contribution in [0.2, 0.25) is 0 Å². The van der Waals surface area contributed by atoms with Crippen LogP contribution in [0.5, 0.6) is 0 Å². The third-order valence-corrected chi connectivity index (χ3v) is 2.77. The van der Waals surface area contributed by atoms with E-state index in [-0.39, 0.29) is 0 Å². The summed E-state index contributed by atoms with van der Waals surface area (Å²) in [6.45, 7) is 1.28. The summed E-state index contributed by atoms with van der Waals surface area (Å²) < 4.78 is 10.5. The third-order valence-electron chi connectivity index (χ3n) is 2.77. The SMILES string of the molecule is COCC(O)CN(C)Cc1nnc(-c2ccccc2)o1. The Kier molecular flexibility index (Phi) is 5.23. The maximum atomic E-state index is 9.65. The molecule has 1 aromatic carbocycles. The first kappa shape index (κ1) is 14.6. The van der Waals surface area contributed by atoms with E-state index in [0.717, 1.165) is 5.56 Å². The topological polar surface area (TPSA) is 71.6 Å². The zero-order valence-corrected chi connectivity index (χ0v) is 11.7. The van der Waals surface area contributed by atoms with Crippen LogP contribution in [0, 0.1) is 0 Å². The Morgan fingerprint density at radius 1 is 1.30 bits per heavy atom. The lowest BCUT2D eigenvalue weighted by Gasteiger charge is -2.18. The van der Waals surface area contributed by atoms with Crippen LogP contribution < -0.4 is 0 Å². The Hall–Kier alpha value is -1.76. The molecule has 6 nitrogen and oxygen atoms in total. The summed E-state index contributed by atoms with van der Waals surface area (Å²) in [5.74, 6) is 1.03. The largest absolute Gasteiger partial charge is 0.419 e. The van der Waals surface area contributed by atoms with Gasteiger partial charge in [0.25, 0.3) is 0 Å². The van der Waals surface area contributed by atoms with Crippen molar-refractivity contribution in [3.63, 3.8) is 0 Å². The predicted molar refractivity (Wildman–Crippen MR) is 74.0 cm³/mol. The molecule has 0 saturated carbocycles. The zero-order chi connectivity index (χ0) is 14.4. The van der Waals surface area contributed by atoms with Crippen molar-refractivity contribution in [1.29, 1.82) is 0 Å². The van der Waals surface area contributed by atoms with Gasteiger partial charge in [-0.05, 0) is 19.2 Å². The minimum Gasteiger partial charge on any atom is -0.419 e. The Labute approximate surface area is 118 Å². The Morgan fingerprint density at radius 2 is 2.05 bits per heavy atom. The highest BCUT2D eigenvalue weighted by Gasteiger charge is 2.13. The fourth-order valence-electron chi connectivity index (χ4n) is 1.92. The molecule has 0 saturated heterocycles. The lowest BCUT2D eigenvalue weighted by Crippen LogP contribution is -2.31. The summed E-state index contributed by atoms with van der Waals surface area (Å²) in [7, 11) is 3.44. The van der Waals surface area contributed by atoms with Crippen LogP contribution in [0.1, 0.15) is 5.89 Å². The van der Waals surface area contributed by atoms with Gasteiger partial charge in [-0.15, -0.1) is 10.2 Å². The van der Waals surface area contributed by atoms with Gasteiger partial charge in [0.05, 0.1) is 19.3 Å². The number of ether oxygens (including phenoxy) is 1. The molecule has 0 aliphatic rings. The van der Waals surface area contributed by atoms with Crippen LogP contribution in [0.4, 0.5) is 0 Å². The van der Waals surface area contributed by atoms with Crippen molar-refractivity contribution in [2.75, 3.05) is 27.3 Å². The van der Waals surface area contributed by atoms with Crippen molar-refractivity contribution >= 4 is 0 Å². The fourth-order valence-corrected chi connectivity index (χ4v) is 1.92. The number of likely N-dealkylation sites (N-methyl/N-ethyl adjacent to an activating group) is 1. The molecule has 2 aromatic rings. The molecule has 6 heteroatoms. The van der Waals surface area contributed by atoms with Gasteiger partial charge in [0.1, 0.15) is 0 Å². The molecule has 1 N–H and O–H groups in total. The summed E-state index contributed by atoms with van der Waals surface area (Å²) in [6, 6.07) is 9.62. The van der Waals surface area contributed by atoms with Gasteiger partial charge in [0, 0.05) is 19.2 Å².